The Hall–Kier alpha value is -1.75. The number of rotatable bonds is 4. The Morgan fingerprint density at radius 3 is 2.79 bits per heavy atom. The zero-order chi connectivity index (χ0) is 17.9. The monoisotopic (exact) mass is 404 g/mol. The van der Waals surface area contributed by atoms with E-state index >= 15 is 0 Å². The minimum atomic E-state index is -1.09. The first-order chi connectivity index (χ1) is 11.4. The highest BCUT2D eigenvalue weighted by Gasteiger charge is 2.36. The average molecular weight is 405 g/mol. The van der Waals surface area contributed by atoms with Crippen LogP contribution in [0.3, 0.4) is 0 Å². The van der Waals surface area contributed by atoms with Crippen molar-refractivity contribution in [2.45, 2.75) is 31.8 Å². The topological polar surface area (TPSA) is 120 Å². The fourth-order valence-electron chi connectivity index (χ4n) is 2.38. The van der Waals surface area contributed by atoms with Gasteiger partial charge in [-0.2, -0.15) is 4.57 Å². The van der Waals surface area contributed by atoms with E-state index in [1.165, 1.54) is 17.3 Å². The largest absolute Gasteiger partial charge is 0.449 e. The molecule has 0 saturated carbocycles. The maximum absolute atomic E-state index is 12.5. The van der Waals surface area contributed by atoms with Crippen molar-refractivity contribution in [1.82, 2.24) is 9.13 Å². The van der Waals surface area contributed by atoms with E-state index in [0.717, 1.165) is 4.57 Å². The lowest BCUT2D eigenvalue weighted by Crippen LogP contribution is -2.45. The van der Waals surface area contributed by atoms with Crippen molar-refractivity contribution in [2.24, 2.45) is 0 Å². The molecule has 0 aromatic carbocycles. The smallest absolute Gasteiger partial charge is 0.425 e. The molecule has 0 amide bonds. The fourth-order valence-corrected chi connectivity index (χ4v) is 2.66. The van der Waals surface area contributed by atoms with Crippen LogP contribution in [0.15, 0.2) is 20.8 Å². The van der Waals surface area contributed by atoms with Crippen molar-refractivity contribution in [3.63, 3.8) is 0 Å². The van der Waals surface area contributed by atoms with Gasteiger partial charge in [-0.05, 0) is 18.0 Å². The number of carbonyl (C=O) groups is 1. The molecule has 132 valence electrons. The zero-order valence-electron chi connectivity index (χ0n) is 12.8. The van der Waals surface area contributed by atoms with E-state index < -0.39 is 42.4 Å². The second kappa shape index (κ2) is 7.88. The first-order valence-corrected chi connectivity index (χ1v) is 8.12. The van der Waals surface area contributed by atoms with Gasteiger partial charge in [-0.25, -0.2) is 9.59 Å². The molecule has 2 heterocycles. The third-order valence-corrected chi connectivity index (χ3v) is 3.79. The second-order valence-corrected chi connectivity index (χ2v) is 5.55. The summed E-state index contributed by atoms with van der Waals surface area (Å²) in [6, 6.07) is 0. The zero-order valence-corrected chi connectivity index (χ0v) is 14.4. The van der Waals surface area contributed by atoms with Gasteiger partial charge < -0.3 is 19.7 Å². The normalized spacial score (nSPS) is 23.8. The first-order valence-electron chi connectivity index (χ1n) is 7.21. The molecule has 24 heavy (non-hydrogen) atoms. The van der Waals surface area contributed by atoms with Gasteiger partial charge in [0.15, 0.2) is 0 Å². The molecule has 1 aromatic rings. The van der Waals surface area contributed by atoms with Crippen LogP contribution in [0.4, 0.5) is 4.79 Å². The van der Waals surface area contributed by atoms with E-state index in [-0.39, 0.29) is 18.6 Å². The van der Waals surface area contributed by atoms with Crippen LogP contribution in [-0.2, 0) is 9.47 Å². The lowest BCUT2D eigenvalue weighted by atomic mass is 10.2. The van der Waals surface area contributed by atoms with Crippen molar-refractivity contribution < 1.29 is 24.5 Å². The van der Waals surface area contributed by atoms with E-state index in [1.807, 2.05) is 0 Å². The molecule has 0 spiro atoms. The molecule has 9 nitrogen and oxygen atoms in total. The van der Waals surface area contributed by atoms with E-state index in [0.29, 0.717) is 4.57 Å². The van der Waals surface area contributed by atoms with E-state index in [2.05, 4.69) is 15.9 Å². The van der Waals surface area contributed by atoms with Crippen LogP contribution in [-0.4, -0.2) is 50.9 Å². The van der Waals surface area contributed by atoms with Gasteiger partial charge in [0.2, 0.25) is 0 Å². The standard InChI is InChI=1S/C14H17BrN2O7/c1-2-23-14(22)17-12(20)8(3-4-15)6-16(13(17)21)11-5-9(19)10(7-18)24-11/h3-4,6,9-11,18-19H,2,5,7H2,1H3/t9-,10+,11+/m0/s1. The van der Waals surface area contributed by atoms with Crippen LogP contribution in [0.25, 0.3) is 6.08 Å². The molecule has 1 fully saturated rings. The molecule has 1 aliphatic rings. The van der Waals surface area contributed by atoms with Crippen molar-refractivity contribution >= 4 is 28.1 Å². The van der Waals surface area contributed by atoms with Gasteiger partial charge in [-0.3, -0.25) is 9.36 Å². The highest BCUT2D eigenvalue weighted by Crippen LogP contribution is 2.27. The molecular formula is C14H17BrN2O7. The molecule has 1 aromatic heterocycles. The lowest BCUT2D eigenvalue weighted by Gasteiger charge is -2.16. The lowest BCUT2D eigenvalue weighted by molar-refractivity contribution is -0.0462. The van der Waals surface area contributed by atoms with Crippen molar-refractivity contribution in [3.8, 4) is 0 Å². The maximum Gasteiger partial charge on any atom is 0.425 e. The van der Waals surface area contributed by atoms with Gasteiger partial charge in [0.25, 0.3) is 5.56 Å². The number of hydrogen-bond donors (Lipinski definition) is 2. The SMILES string of the molecule is CCOC(=O)n1c(=O)c(C=CBr)cn([C@H]2C[C@H](O)[C@@H](CO)O2)c1=O. The predicted octanol–water partition coefficient (Wildman–Crippen LogP) is 0.0209. The number of aliphatic hydroxyl groups is 2. The Morgan fingerprint density at radius 1 is 1.54 bits per heavy atom. The maximum atomic E-state index is 12.5. The molecule has 3 atom stereocenters. The molecule has 0 unspecified atom stereocenters. The summed E-state index contributed by atoms with van der Waals surface area (Å²) in [5.74, 6) is 0. The molecule has 0 bridgehead atoms. The summed E-state index contributed by atoms with van der Waals surface area (Å²) >= 11 is 3.03. The van der Waals surface area contributed by atoms with Gasteiger partial charge in [-0.1, -0.05) is 15.9 Å². The summed E-state index contributed by atoms with van der Waals surface area (Å²) in [7, 11) is 0. The van der Waals surface area contributed by atoms with Crippen molar-refractivity contribution in [3.05, 3.63) is 37.6 Å². The molecular weight excluding hydrogens is 388 g/mol. The molecule has 1 saturated heterocycles. The van der Waals surface area contributed by atoms with Crippen molar-refractivity contribution in [1.29, 1.82) is 0 Å². The second-order valence-electron chi connectivity index (χ2n) is 5.02. The Labute approximate surface area is 144 Å². The minimum Gasteiger partial charge on any atom is -0.449 e. The molecule has 10 heteroatoms. The summed E-state index contributed by atoms with van der Waals surface area (Å²) in [4.78, 5) is 38.2. The van der Waals surface area contributed by atoms with Crippen LogP contribution < -0.4 is 11.2 Å². The number of halogens is 1. The highest BCUT2D eigenvalue weighted by molar-refractivity contribution is 9.11. The average Bonchev–Trinajstić information content (AvgIpc) is 2.91. The van der Waals surface area contributed by atoms with Gasteiger partial charge >= 0.3 is 11.8 Å². The number of hydrogen-bond acceptors (Lipinski definition) is 7. The quantitative estimate of drug-likeness (QED) is 0.725. The van der Waals surface area contributed by atoms with E-state index in [9.17, 15) is 19.5 Å². The van der Waals surface area contributed by atoms with Gasteiger partial charge in [-0.15, -0.1) is 0 Å². The molecule has 0 radical (unpaired) electrons. The number of nitrogens with zero attached hydrogens (tertiary/aromatic N) is 2. The first kappa shape index (κ1) is 18.6. The van der Waals surface area contributed by atoms with Crippen LogP contribution >= 0.6 is 15.9 Å². The van der Waals surface area contributed by atoms with Gasteiger partial charge in [0, 0.05) is 12.6 Å². The molecule has 1 aliphatic heterocycles. The van der Waals surface area contributed by atoms with Crippen molar-refractivity contribution in [2.75, 3.05) is 13.2 Å². The molecule has 2 N–H and O–H groups in total. The van der Waals surface area contributed by atoms with Crippen LogP contribution in [0.1, 0.15) is 25.1 Å². The highest BCUT2D eigenvalue weighted by atomic mass is 79.9. The Bertz CT molecular complexity index is 754. The summed E-state index contributed by atoms with van der Waals surface area (Å²) < 4.78 is 11.6. The minimum absolute atomic E-state index is 0.00550. The van der Waals surface area contributed by atoms with Crippen LogP contribution in [0.5, 0.6) is 0 Å². The number of aliphatic hydroxyl groups excluding tert-OH is 2. The summed E-state index contributed by atoms with van der Waals surface area (Å²) in [6.45, 7) is 1.12. The summed E-state index contributed by atoms with van der Waals surface area (Å²) in [5.41, 5.74) is -1.73. The third-order valence-electron chi connectivity index (χ3n) is 3.53. The fraction of sp³-hybridized carbons (Fsp3) is 0.500. The molecule has 2 rings (SSSR count). The Balaban J connectivity index is 2.58. The van der Waals surface area contributed by atoms with Crippen LogP contribution in [0.2, 0.25) is 0 Å². The summed E-state index contributed by atoms with van der Waals surface area (Å²) in [6.07, 6.45) is -1.20. The van der Waals surface area contributed by atoms with E-state index in [1.54, 1.807) is 6.92 Å². The Morgan fingerprint density at radius 2 is 2.25 bits per heavy atom. The number of aromatic nitrogens is 2. The van der Waals surface area contributed by atoms with Gasteiger partial charge in [0.05, 0.1) is 24.9 Å². The number of carbonyl (C=O) groups excluding carboxylic acids is 1. The Kier molecular flexibility index (Phi) is 6.10. The molecule has 0 aliphatic carbocycles. The van der Waals surface area contributed by atoms with Crippen LogP contribution in [0, 0.1) is 0 Å². The summed E-state index contributed by atoms with van der Waals surface area (Å²) in [5, 5.41) is 19.0. The van der Waals surface area contributed by atoms with Gasteiger partial charge in [0.1, 0.15) is 12.3 Å². The number of ether oxygens (including phenoxy) is 2. The third kappa shape index (κ3) is 3.51. The predicted molar refractivity (Wildman–Crippen MR) is 87.0 cm³/mol. The van der Waals surface area contributed by atoms with E-state index in [4.69, 9.17) is 14.6 Å².